The Hall–Kier alpha value is -1.39. The maximum absolute atomic E-state index is 13.0. The van der Waals surface area contributed by atoms with Crippen LogP contribution in [0.3, 0.4) is 0 Å². The number of aryl methyl sites for hydroxylation is 1. The Morgan fingerprint density at radius 1 is 1.29 bits per heavy atom. The van der Waals surface area contributed by atoms with Gasteiger partial charge in [0.2, 0.25) is 5.91 Å². The van der Waals surface area contributed by atoms with E-state index >= 15 is 0 Å². The Bertz CT molecular complexity index is 486. The summed E-state index contributed by atoms with van der Waals surface area (Å²) in [4.78, 5) is 13.0. The molecule has 2 saturated heterocycles. The van der Waals surface area contributed by atoms with E-state index in [0.29, 0.717) is 13.2 Å². The predicted octanol–water partition coefficient (Wildman–Crippen LogP) is 1.52. The maximum atomic E-state index is 13.0. The Morgan fingerprint density at radius 3 is 2.62 bits per heavy atom. The van der Waals surface area contributed by atoms with Crippen molar-refractivity contribution >= 4 is 5.91 Å². The Kier molecular flexibility index (Phi) is 4.27. The first-order chi connectivity index (χ1) is 10.2. The minimum Gasteiger partial charge on any atom is -0.381 e. The standard InChI is InChI=1S/C17H24N2O2/c1-13-2-4-14(5-3-13)17(7-10-21-11-8-17)16(20)19-15-6-9-18-12-15/h2-5,15,18H,6-12H2,1H3,(H,19,20). The van der Waals surface area contributed by atoms with Crippen LogP contribution in [0.15, 0.2) is 24.3 Å². The van der Waals surface area contributed by atoms with Gasteiger partial charge in [-0.15, -0.1) is 0 Å². The lowest BCUT2D eigenvalue weighted by atomic mass is 9.73. The van der Waals surface area contributed by atoms with Crippen molar-refractivity contribution in [1.29, 1.82) is 0 Å². The zero-order valence-corrected chi connectivity index (χ0v) is 12.7. The van der Waals surface area contributed by atoms with Crippen molar-refractivity contribution in [3.05, 3.63) is 35.4 Å². The fraction of sp³-hybridized carbons (Fsp3) is 0.588. The van der Waals surface area contributed by atoms with Gasteiger partial charge >= 0.3 is 0 Å². The molecule has 0 bridgehead atoms. The van der Waals surface area contributed by atoms with E-state index in [1.165, 1.54) is 5.56 Å². The fourth-order valence-electron chi connectivity index (χ4n) is 3.34. The number of ether oxygens (including phenoxy) is 1. The van der Waals surface area contributed by atoms with Gasteiger partial charge in [-0.05, 0) is 38.3 Å². The molecular weight excluding hydrogens is 264 g/mol. The largest absolute Gasteiger partial charge is 0.381 e. The van der Waals surface area contributed by atoms with Crippen LogP contribution in [-0.4, -0.2) is 38.3 Å². The van der Waals surface area contributed by atoms with Gasteiger partial charge in [-0.1, -0.05) is 29.8 Å². The van der Waals surface area contributed by atoms with Crippen LogP contribution in [0, 0.1) is 6.92 Å². The van der Waals surface area contributed by atoms with E-state index in [0.717, 1.165) is 37.9 Å². The first-order valence-corrected chi connectivity index (χ1v) is 7.87. The van der Waals surface area contributed by atoms with Crippen molar-refractivity contribution < 1.29 is 9.53 Å². The molecule has 1 amide bonds. The summed E-state index contributed by atoms with van der Waals surface area (Å²) >= 11 is 0. The summed E-state index contributed by atoms with van der Waals surface area (Å²) < 4.78 is 5.50. The molecule has 4 nitrogen and oxygen atoms in total. The zero-order chi connectivity index (χ0) is 14.7. The van der Waals surface area contributed by atoms with Gasteiger partial charge in [-0.3, -0.25) is 4.79 Å². The molecule has 2 aliphatic heterocycles. The molecule has 1 atom stereocenters. The number of nitrogens with one attached hydrogen (secondary N) is 2. The number of hydrogen-bond donors (Lipinski definition) is 2. The molecule has 0 radical (unpaired) electrons. The second kappa shape index (κ2) is 6.16. The zero-order valence-electron chi connectivity index (χ0n) is 12.7. The van der Waals surface area contributed by atoms with Crippen LogP contribution in [-0.2, 0) is 14.9 Å². The molecular formula is C17H24N2O2. The molecule has 21 heavy (non-hydrogen) atoms. The Labute approximate surface area is 126 Å². The van der Waals surface area contributed by atoms with E-state index in [1.54, 1.807) is 0 Å². The molecule has 1 aromatic rings. The minimum absolute atomic E-state index is 0.170. The summed E-state index contributed by atoms with van der Waals surface area (Å²) in [6, 6.07) is 8.66. The summed E-state index contributed by atoms with van der Waals surface area (Å²) in [5, 5.41) is 6.55. The lowest BCUT2D eigenvalue weighted by Gasteiger charge is -2.37. The number of amides is 1. The van der Waals surface area contributed by atoms with Crippen molar-refractivity contribution in [1.82, 2.24) is 10.6 Å². The van der Waals surface area contributed by atoms with Gasteiger partial charge < -0.3 is 15.4 Å². The normalized spacial score (nSPS) is 24.7. The average Bonchev–Trinajstić information content (AvgIpc) is 3.01. The third-order valence-electron chi connectivity index (χ3n) is 4.78. The first-order valence-electron chi connectivity index (χ1n) is 7.87. The molecule has 0 aliphatic carbocycles. The molecule has 0 aromatic heterocycles. The second-order valence-corrected chi connectivity index (χ2v) is 6.22. The van der Waals surface area contributed by atoms with Crippen LogP contribution < -0.4 is 10.6 Å². The number of benzene rings is 1. The monoisotopic (exact) mass is 288 g/mol. The van der Waals surface area contributed by atoms with E-state index in [2.05, 4.69) is 41.8 Å². The lowest BCUT2D eigenvalue weighted by molar-refractivity contribution is -0.131. The van der Waals surface area contributed by atoms with Gasteiger partial charge in [-0.25, -0.2) is 0 Å². The van der Waals surface area contributed by atoms with Crippen LogP contribution in [0.2, 0.25) is 0 Å². The molecule has 2 aliphatic rings. The van der Waals surface area contributed by atoms with Crippen LogP contribution >= 0.6 is 0 Å². The Balaban J connectivity index is 1.84. The van der Waals surface area contributed by atoms with E-state index < -0.39 is 5.41 Å². The molecule has 2 N–H and O–H groups in total. The van der Waals surface area contributed by atoms with Crippen molar-refractivity contribution in [3.63, 3.8) is 0 Å². The molecule has 0 saturated carbocycles. The molecule has 114 valence electrons. The highest BCUT2D eigenvalue weighted by molar-refractivity contribution is 5.88. The van der Waals surface area contributed by atoms with Gasteiger partial charge in [0.15, 0.2) is 0 Å². The predicted molar refractivity (Wildman–Crippen MR) is 82.3 cm³/mol. The summed E-state index contributed by atoms with van der Waals surface area (Å²) in [6.45, 7) is 5.26. The average molecular weight is 288 g/mol. The van der Waals surface area contributed by atoms with Gasteiger partial charge in [0, 0.05) is 25.8 Å². The molecule has 3 rings (SSSR count). The minimum atomic E-state index is -0.422. The molecule has 2 heterocycles. The smallest absolute Gasteiger partial charge is 0.231 e. The first kappa shape index (κ1) is 14.5. The highest BCUT2D eigenvalue weighted by atomic mass is 16.5. The van der Waals surface area contributed by atoms with Crippen LogP contribution in [0.1, 0.15) is 30.4 Å². The van der Waals surface area contributed by atoms with Crippen molar-refractivity contribution in [3.8, 4) is 0 Å². The molecule has 1 unspecified atom stereocenters. The third-order valence-corrected chi connectivity index (χ3v) is 4.78. The summed E-state index contributed by atoms with van der Waals surface area (Å²) in [6.07, 6.45) is 2.55. The van der Waals surface area contributed by atoms with E-state index in [-0.39, 0.29) is 11.9 Å². The number of hydrogen-bond acceptors (Lipinski definition) is 3. The number of carbonyl (C=O) groups excluding carboxylic acids is 1. The summed E-state index contributed by atoms with van der Waals surface area (Å²) in [7, 11) is 0. The van der Waals surface area contributed by atoms with Gasteiger partial charge in [-0.2, -0.15) is 0 Å². The highest BCUT2D eigenvalue weighted by Crippen LogP contribution is 2.35. The quantitative estimate of drug-likeness (QED) is 0.886. The Morgan fingerprint density at radius 2 is 2.00 bits per heavy atom. The summed E-state index contributed by atoms with van der Waals surface area (Å²) in [5.41, 5.74) is 1.93. The molecule has 0 spiro atoms. The third kappa shape index (κ3) is 2.97. The molecule has 1 aromatic carbocycles. The van der Waals surface area contributed by atoms with E-state index in [9.17, 15) is 4.79 Å². The van der Waals surface area contributed by atoms with Gasteiger partial charge in [0.25, 0.3) is 0 Å². The van der Waals surface area contributed by atoms with Crippen LogP contribution in [0.25, 0.3) is 0 Å². The van der Waals surface area contributed by atoms with Crippen molar-refractivity contribution in [2.75, 3.05) is 26.3 Å². The van der Waals surface area contributed by atoms with Gasteiger partial charge in [0.05, 0.1) is 5.41 Å². The second-order valence-electron chi connectivity index (χ2n) is 6.22. The molecule has 4 heteroatoms. The van der Waals surface area contributed by atoms with Gasteiger partial charge in [0.1, 0.15) is 0 Å². The van der Waals surface area contributed by atoms with Crippen LogP contribution in [0.5, 0.6) is 0 Å². The summed E-state index contributed by atoms with van der Waals surface area (Å²) in [5.74, 6) is 0.170. The maximum Gasteiger partial charge on any atom is 0.231 e. The number of carbonyl (C=O) groups is 1. The number of rotatable bonds is 3. The van der Waals surface area contributed by atoms with E-state index in [4.69, 9.17) is 4.74 Å². The molecule has 2 fully saturated rings. The van der Waals surface area contributed by atoms with Crippen molar-refractivity contribution in [2.45, 2.75) is 37.6 Å². The fourth-order valence-corrected chi connectivity index (χ4v) is 3.34. The van der Waals surface area contributed by atoms with Crippen molar-refractivity contribution in [2.24, 2.45) is 0 Å². The lowest BCUT2D eigenvalue weighted by Crippen LogP contribution is -2.51. The van der Waals surface area contributed by atoms with E-state index in [1.807, 2.05) is 0 Å². The SMILES string of the molecule is Cc1ccc(C2(C(=O)NC3CCNC3)CCOCC2)cc1. The highest BCUT2D eigenvalue weighted by Gasteiger charge is 2.42. The topological polar surface area (TPSA) is 50.4 Å². The van der Waals surface area contributed by atoms with Crippen LogP contribution in [0.4, 0.5) is 0 Å².